The summed E-state index contributed by atoms with van der Waals surface area (Å²) in [4.78, 5) is 13.8. The molecule has 0 saturated heterocycles. The van der Waals surface area contributed by atoms with Gasteiger partial charge in [0.1, 0.15) is 21.6 Å². The van der Waals surface area contributed by atoms with Gasteiger partial charge in [-0.05, 0) is 30.7 Å². The number of nitrogens with zero attached hydrogens (tertiary/aromatic N) is 5. The molecule has 27 heavy (non-hydrogen) atoms. The molecule has 5 rings (SSSR count). The number of fused-ring (bicyclic) bond motifs is 5. The fraction of sp³-hybridized carbons (Fsp3) is 0.111. The second-order valence-electron chi connectivity index (χ2n) is 6.08. The zero-order valence-electron chi connectivity index (χ0n) is 13.8. The van der Waals surface area contributed by atoms with Gasteiger partial charge in [-0.3, -0.25) is 0 Å². The van der Waals surface area contributed by atoms with Crippen molar-refractivity contribution in [2.45, 2.75) is 13.3 Å². The summed E-state index contributed by atoms with van der Waals surface area (Å²) < 4.78 is 29.6. The van der Waals surface area contributed by atoms with Gasteiger partial charge in [0.15, 0.2) is 11.5 Å². The molecule has 4 aromatic heterocycles. The van der Waals surface area contributed by atoms with Gasteiger partial charge in [-0.25, -0.2) is 28.2 Å². The van der Waals surface area contributed by atoms with Crippen molar-refractivity contribution >= 4 is 53.3 Å². The summed E-state index contributed by atoms with van der Waals surface area (Å²) in [7, 11) is 0. The molecule has 0 bridgehead atoms. The Morgan fingerprint density at radius 2 is 1.93 bits per heavy atom. The summed E-state index contributed by atoms with van der Waals surface area (Å²) in [6, 6.07) is 9.12. The summed E-state index contributed by atoms with van der Waals surface area (Å²) in [5, 5.41) is 5.28. The van der Waals surface area contributed by atoms with E-state index in [0.29, 0.717) is 21.8 Å². The van der Waals surface area contributed by atoms with E-state index >= 15 is 0 Å². The molecule has 0 fully saturated rings. The van der Waals surface area contributed by atoms with Crippen LogP contribution in [0.25, 0.3) is 37.5 Å². The number of rotatable bonds is 2. The minimum atomic E-state index is -2.61. The van der Waals surface area contributed by atoms with E-state index < -0.39 is 6.43 Å². The Labute approximate surface area is 163 Å². The summed E-state index contributed by atoms with van der Waals surface area (Å²) >= 11 is 4.72. The molecule has 0 amide bonds. The SMILES string of the molecule is Cc1cc(C(F)F)nc2sc3c(ncn4nc(-c5ccc(Br)cc5)nc34)c12. The van der Waals surface area contributed by atoms with Gasteiger partial charge in [0, 0.05) is 15.4 Å². The van der Waals surface area contributed by atoms with E-state index in [9.17, 15) is 8.78 Å². The van der Waals surface area contributed by atoms with E-state index in [0.717, 1.165) is 25.7 Å². The van der Waals surface area contributed by atoms with Gasteiger partial charge in [0.25, 0.3) is 6.43 Å². The number of aryl methyl sites for hydroxylation is 1. The van der Waals surface area contributed by atoms with Crippen LogP contribution >= 0.6 is 27.3 Å². The minimum absolute atomic E-state index is 0.223. The Hall–Kier alpha value is -2.52. The van der Waals surface area contributed by atoms with Crippen LogP contribution < -0.4 is 0 Å². The zero-order valence-corrected chi connectivity index (χ0v) is 16.2. The predicted octanol–water partition coefficient (Wildman–Crippen LogP) is 5.56. The van der Waals surface area contributed by atoms with E-state index in [-0.39, 0.29) is 5.69 Å². The highest BCUT2D eigenvalue weighted by Gasteiger charge is 2.19. The second-order valence-corrected chi connectivity index (χ2v) is 7.99. The van der Waals surface area contributed by atoms with Crippen LogP contribution in [0.3, 0.4) is 0 Å². The standard InChI is InChI=1S/C18H10BrF2N5S/c1-8-6-11(15(20)21)23-18-12(8)13-14(27-18)17-24-16(25-26(17)7-22-13)9-2-4-10(19)5-3-9/h2-7,15H,1H3. The average molecular weight is 446 g/mol. The topological polar surface area (TPSA) is 56.0 Å². The Bertz CT molecular complexity index is 1330. The van der Waals surface area contributed by atoms with Crippen LogP contribution in [-0.4, -0.2) is 24.6 Å². The van der Waals surface area contributed by atoms with E-state index in [1.54, 1.807) is 17.8 Å². The molecular weight excluding hydrogens is 436 g/mol. The molecule has 0 unspecified atom stereocenters. The van der Waals surface area contributed by atoms with Gasteiger partial charge < -0.3 is 0 Å². The Morgan fingerprint density at radius 1 is 1.15 bits per heavy atom. The number of hydrogen-bond donors (Lipinski definition) is 0. The van der Waals surface area contributed by atoms with E-state index in [4.69, 9.17) is 0 Å². The summed E-state index contributed by atoms with van der Waals surface area (Å²) in [5.74, 6) is 0.576. The molecule has 0 saturated carbocycles. The maximum atomic E-state index is 13.1. The van der Waals surface area contributed by atoms with Crippen LogP contribution in [0.2, 0.25) is 0 Å². The lowest BCUT2D eigenvalue weighted by Crippen LogP contribution is -1.92. The highest BCUT2D eigenvalue weighted by Crippen LogP contribution is 2.37. The quantitative estimate of drug-likeness (QED) is 0.356. The van der Waals surface area contributed by atoms with E-state index in [1.165, 1.54) is 17.4 Å². The number of aromatic nitrogens is 5. The fourth-order valence-electron chi connectivity index (χ4n) is 3.07. The molecule has 0 aliphatic carbocycles. The molecule has 0 aliphatic rings. The number of halogens is 3. The van der Waals surface area contributed by atoms with Gasteiger partial charge >= 0.3 is 0 Å². The first-order chi connectivity index (χ1) is 13.0. The molecule has 0 aliphatic heterocycles. The van der Waals surface area contributed by atoms with Gasteiger partial charge in [0.05, 0.1) is 5.52 Å². The lowest BCUT2D eigenvalue weighted by molar-refractivity contribution is 0.146. The molecule has 0 N–H and O–H groups in total. The van der Waals surface area contributed by atoms with Gasteiger partial charge in [0.2, 0.25) is 0 Å². The maximum absolute atomic E-state index is 13.1. The maximum Gasteiger partial charge on any atom is 0.280 e. The van der Waals surface area contributed by atoms with Crippen LogP contribution in [0, 0.1) is 6.92 Å². The number of hydrogen-bond acceptors (Lipinski definition) is 5. The van der Waals surface area contributed by atoms with E-state index in [1.807, 2.05) is 24.3 Å². The third-order valence-corrected chi connectivity index (χ3v) is 5.91. The normalized spacial score (nSPS) is 12.0. The molecule has 5 aromatic rings. The molecular formula is C18H10BrF2N5S. The van der Waals surface area contributed by atoms with Crippen molar-refractivity contribution in [3.05, 3.63) is 52.4 Å². The largest absolute Gasteiger partial charge is 0.280 e. The van der Waals surface area contributed by atoms with Crippen molar-refractivity contribution in [1.82, 2.24) is 24.6 Å². The lowest BCUT2D eigenvalue weighted by atomic mass is 10.1. The first-order valence-electron chi connectivity index (χ1n) is 8.00. The summed E-state index contributed by atoms with van der Waals surface area (Å²) in [6.07, 6.45) is -1.01. The molecule has 5 nitrogen and oxygen atoms in total. The minimum Gasteiger partial charge on any atom is -0.236 e. The molecule has 9 heteroatoms. The monoisotopic (exact) mass is 445 g/mol. The molecule has 0 spiro atoms. The highest BCUT2D eigenvalue weighted by molar-refractivity contribution is 9.10. The smallest absolute Gasteiger partial charge is 0.236 e. The van der Waals surface area contributed by atoms with Gasteiger partial charge in [-0.2, -0.15) is 0 Å². The molecule has 0 radical (unpaired) electrons. The number of pyridine rings is 1. The van der Waals surface area contributed by atoms with Crippen LogP contribution in [0.1, 0.15) is 17.7 Å². The summed E-state index contributed by atoms with van der Waals surface area (Å²) in [5.41, 5.74) is 2.73. The van der Waals surface area contributed by atoms with Crippen LogP contribution in [0.4, 0.5) is 8.78 Å². The number of thiophene rings is 1. The highest BCUT2D eigenvalue weighted by atomic mass is 79.9. The second kappa shape index (κ2) is 6.00. The third-order valence-electron chi connectivity index (χ3n) is 4.31. The van der Waals surface area contributed by atoms with Crippen molar-refractivity contribution in [1.29, 1.82) is 0 Å². The Kier molecular flexibility index (Phi) is 3.70. The predicted molar refractivity (Wildman–Crippen MR) is 104 cm³/mol. The molecule has 1 aromatic carbocycles. The van der Waals surface area contributed by atoms with E-state index in [2.05, 4.69) is 36.0 Å². The Morgan fingerprint density at radius 3 is 2.67 bits per heavy atom. The van der Waals surface area contributed by atoms with Crippen LogP contribution in [0.15, 0.2) is 41.1 Å². The van der Waals surface area contributed by atoms with Crippen molar-refractivity contribution in [3.63, 3.8) is 0 Å². The summed E-state index contributed by atoms with van der Waals surface area (Å²) in [6.45, 7) is 1.80. The molecule has 4 heterocycles. The van der Waals surface area contributed by atoms with Crippen LogP contribution in [0.5, 0.6) is 0 Å². The molecule has 0 atom stereocenters. The van der Waals surface area contributed by atoms with Crippen molar-refractivity contribution < 1.29 is 8.78 Å². The third kappa shape index (κ3) is 2.61. The van der Waals surface area contributed by atoms with Crippen LogP contribution in [-0.2, 0) is 0 Å². The first kappa shape index (κ1) is 16.6. The van der Waals surface area contributed by atoms with Crippen molar-refractivity contribution in [3.8, 4) is 11.4 Å². The Balaban J connectivity index is 1.79. The lowest BCUT2D eigenvalue weighted by Gasteiger charge is -2.01. The first-order valence-corrected chi connectivity index (χ1v) is 9.61. The van der Waals surface area contributed by atoms with Crippen molar-refractivity contribution in [2.75, 3.05) is 0 Å². The number of benzene rings is 1. The van der Waals surface area contributed by atoms with Gasteiger partial charge in [-0.15, -0.1) is 16.4 Å². The zero-order chi connectivity index (χ0) is 18.7. The average Bonchev–Trinajstić information content (AvgIpc) is 3.23. The van der Waals surface area contributed by atoms with Gasteiger partial charge in [-0.1, -0.05) is 28.1 Å². The number of alkyl halides is 2. The molecule has 134 valence electrons. The fourth-order valence-corrected chi connectivity index (χ4v) is 4.52. The van der Waals surface area contributed by atoms with Crippen molar-refractivity contribution in [2.24, 2.45) is 0 Å².